The predicted molar refractivity (Wildman–Crippen MR) is 109 cm³/mol. The highest BCUT2D eigenvalue weighted by Gasteiger charge is 2.13. The van der Waals surface area contributed by atoms with Gasteiger partial charge in [0.15, 0.2) is 5.82 Å². The molecule has 4 N–H and O–H groups in total. The average molecular weight is 379 g/mol. The van der Waals surface area contributed by atoms with E-state index in [0.29, 0.717) is 24.6 Å². The number of hydrogen-bond donors (Lipinski definition) is 3. The highest BCUT2D eigenvalue weighted by molar-refractivity contribution is 5.91. The van der Waals surface area contributed by atoms with Gasteiger partial charge in [-0.15, -0.1) is 0 Å². The summed E-state index contributed by atoms with van der Waals surface area (Å²) in [6, 6.07) is 15.3. The van der Waals surface area contributed by atoms with Crippen molar-refractivity contribution in [3.05, 3.63) is 59.9 Å². The van der Waals surface area contributed by atoms with Crippen LogP contribution in [0.15, 0.2) is 48.5 Å². The van der Waals surface area contributed by atoms with Crippen molar-refractivity contribution in [2.75, 3.05) is 12.4 Å². The molecule has 0 fully saturated rings. The van der Waals surface area contributed by atoms with Gasteiger partial charge in [-0.3, -0.25) is 9.89 Å². The second-order valence-corrected chi connectivity index (χ2v) is 6.76. The summed E-state index contributed by atoms with van der Waals surface area (Å²) in [6.07, 6.45) is 1.21. The van der Waals surface area contributed by atoms with Crippen molar-refractivity contribution in [2.45, 2.75) is 26.3 Å². The van der Waals surface area contributed by atoms with Gasteiger partial charge in [0.2, 0.25) is 5.91 Å². The molecule has 1 atom stereocenters. The van der Waals surface area contributed by atoms with E-state index in [2.05, 4.69) is 27.4 Å². The van der Waals surface area contributed by atoms with Crippen LogP contribution in [0, 0.1) is 5.92 Å². The molecule has 1 amide bonds. The molecule has 0 aliphatic carbocycles. The Morgan fingerprint density at radius 3 is 2.64 bits per heavy atom. The molecule has 7 nitrogen and oxygen atoms in total. The van der Waals surface area contributed by atoms with Gasteiger partial charge in [0.25, 0.3) is 0 Å². The van der Waals surface area contributed by atoms with Crippen molar-refractivity contribution in [2.24, 2.45) is 11.7 Å². The number of rotatable bonds is 8. The van der Waals surface area contributed by atoms with Gasteiger partial charge in [-0.1, -0.05) is 25.1 Å². The molecule has 0 spiro atoms. The summed E-state index contributed by atoms with van der Waals surface area (Å²) in [5.41, 5.74) is 8.25. The Labute approximate surface area is 164 Å². The maximum Gasteiger partial charge on any atom is 0.224 e. The first-order valence-corrected chi connectivity index (χ1v) is 9.22. The second kappa shape index (κ2) is 9.14. The Kier molecular flexibility index (Phi) is 6.39. The van der Waals surface area contributed by atoms with Gasteiger partial charge in [0, 0.05) is 17.7 Å². The average Bonchev–Trinajstić information content (AvgIpc) is 3.18. The van der Waals surface area contributed by atoms with Crippen LogP contribution in [0.4, 0.5) is 5.69 Å². The second-order valence-electron chi connectivity index (χ2n) is 6.76. The lowest BCUT2D eigenvalue weighted by atomic mass is 9.97. The molecule has 1 unspecified atom stereocenters. The molecule has 0 aliphatic heterocycles. The number of amides is 1. The van der Waals surface area contributed by atoms with E-state index in [9.17, 15) is 4.79 Å². The maximum atomic E-state index is 12.4. The van der Waals surface area contributed by atoms with E-state index >= 15 is 0 Å². The highest BCUT2D eigenvalue weighted by Crippen LogP contribution is 2.23. The van der Waals surface area contributed by atoms with Crippen LogP contribution in [-0.2, 0) is 17.8 Å². The predicted octanol–water partition coefficient (Wildman–Crippen LogP) is 3.15. The van der Waals surface area contributed by atoms with Crippen molar-refractivity contribution >= 4 is 11.6 Å². The van der Waals surface area contributed by atoms with Crippen molar-refractivity contribution in [1.82, 2.24) is 15.2 Å². The van der Waals surface area contributed by atoms with Crippen LogP contribution in [0.5, 0.6) is 5.75 Å². The third-order valence-electron chi connectivity index (χ3n) is 4.45. The minimum absolute atomic E-state index is 0.0153. The molecular weight excluding hydrogens is 354 g/mol. The fourth-order valence-corrected chi connectivity index (χ4v) is 3.07. The van der Waals surface area contributed by atoms with Crippen LogP contribution < -0.4 is 15.8 Å². The quantitative estimate of drug-likeness (QED) is 0.557. The van der Waals surface area contributed by atoms with Gasteiger partial charge < -0.3 is 15.8 Å². The lowest BCUT2D eigenvalue weighted by molar-refractivity contribution is -0.116. The standard InChI is InChI=1S/C21H25N5O2/c1-14(11-16-5-3-4-6-18(16)28-2)12-20(27)23-17-9-7-15(8-10-17)21-24-19(13-22)25-26-21/h3-10,14H,11-13,22H2,1-2H3,(H,23,27)(H,24,25,26). The molecule has 0 saturated carbocycles. The van der Waals surface area contributed by atoms with E-state index in [4.69, 9.17) is 10.5 Å². The van der Waals surface area contributed by atoms with Crippen LogP contribution in [0.25, 0.3) is 11.4 Å². The van der Waals surface area contributed by atoms with Crippen LogP contribution >= 0.6 is 0 Å². The molecule has 28 heavy (non-hydrogen) atoms. The molecule has 1 heterocycles. The summed E-state index contributed by atoms with van der Waals surface area (Å²) in [5, 5.41) is 9.86. The van der Waals surface area contributed by atoms with E-state index in [0.717, 1.165) is 29.0 Å². The third-order valence-corrected chi connectivity index (χ3v) is 4.45. The molecule has 2 aromatic carbocycles. The maximum absolute atomic E-state index is 12.4. The zero-order valence-corrected chi connectivity index (χ0v) is 16.1. The zero-order valence-electron chi connectivity index (χ0n) is 16.1. The number of nitrogens with zero attached hydrogens (tertiary/aromatic N) is 2. The van der Waals surface area contributed by atoms with Crippen LogP contribution in [0.2, 0.25) is 0 Å². The van der Waals surface area contributed by atoms with Gasteiger partial charge in [0.05, 0.1) is 13.7 Å². The summed E-state index contributed by atoms with van der Waals surface area (Å²) < 4.78 is 5.38. The van der Waals surface area contributed by atoms with Crippen molar-refractivity contribution in [1.29, 1.82) is 0 Å². The number of methoxy groups -OCH3 is 1. The summed E-state index contributed by atoms with van der Waals surface area (Å²) in [7, 11) is 1.66. The number of nitrogens with two attached hydrogens (primary N) is 1. The van der Waals surface area contributed by atoms with Crippen LogP contribution in [0.3, 0.4) is 0 Å². The summed E-state index contributed by atoms with van der Waals surface area (Å²) in [5.74, 6) is 2.26. The van der Waals surface area contributed by atoms with Gasteiger partial charge in [0.1, 0.15) is 11.6 Å². The smallest absolute Gasteiger partial charge is 0.224 e. The van der Waals surface area contributed by atoms with Gasteiger partial charge in [-0.2, -0.15) is 5.10 Å². The number of para-hydroxylation sites is 1. The fraction of sp³-hybridized carbons (Fsp3) is 0.286. The fourth-order valence-electron chi connectivity index (χ4n) is 3.07. The molecule has 7 heteroatoms. The molecule has 0 saturated heterocycles. The minimum atomic E-state index is -0.0153. The Hall–Kier alpha value is -3.19. The highest BCUT2D eigenvalue weighted by atomic mass is 16.5. The molecule has 0 radical (unpaired) electrons. The number of aromatic nitrogens is 3. The molecule has 0 bridgehead atoms. The van der Waals surface area contributed by atoms with E-state index < -0.39 is 0 Å². The number of hydrogen-bond acceptors (Lipinski definition) is 5. The lowest BCUT2D eigenvalue weighted by Gasteiger charge is -2.14. The zero-order chi connectivity index (χ0) is 19.9. The number of ether oxygens (including phenoxy) is 1. The summed E-state index contributed by atoms with van der Waals surface area (Å²) in [4.78, 5) is 16.7. The van der Waals surface area contributed by atoms with Crippen LogP contribution in [0.1, 0.15) is 24.7 Å². The van der Waals surface area contributed by atoms with Gasteiger partial charge in [-0.25, -0.2) is 4.98 Å². The normalized spacial score (nSPS) is 11.8. The monoisotopic (exact) mass is 379 g/mol. The number of aromatic amines is 1. The number of nitrogens with one attached hydrogen (secondary N) is 2. The Bertz CT molecular complexity index is 921. The molecule has 3 aromatic rings. The SMILES string of the molecule is COc1ccccc1CC(C)CC(=O)Nc1ccc(-c2n[nH]c(CN)n2)cc1. The van der Waals surface area contributed by atoms with Crippen molar-refractivity contribution in [3.63, 3.8) is 0 Å². The molecule has 1 aromatic heterocycles. The Morgan fingerprint density at radius 1 is 1.21 bits per heavy atom. The van der Waals surface area contributed by atoms with Crippen molar-refractivity contribution < 1.29 is 9.53 Å². The Balaban J connectivity index is 1.55. The van der Waals surface area contributed by atoms with E-state index in [1.807, 2.05) is 48.5 Å². The molecule has 0 aliphatic rings. The first-order chi connectivity index (χ1) is 13.6. The number of benzene rings is 2. The van der Waals surface area contributed by atoms with E-state index in [1.54, 1.807) is 7.11 Å². The molecule has 3 rings (SSSR count). The topological polar surface area (TPSA) is 106 Å². The molecular formula is C21H25N5O2. The number of carbonyl (C=O) groups excluding carboxylic acids is 1. The van der Waals surface area contributed by atoms with Crippen molar-refractivity contribution in [3.8, 4) is 17.1 Å². The number of carbonyl (C=O) groups is 1. The third kappa shape index (κ3) is 4.95. The van der Waals surface area contributed by atoms with E-state index in [1.165, 1.54) is 0 Å². The van der Waals surface area contributed by atoms with Gasteiger partial charge in [-0.05, 0) is 48.2 Å². The number of anilines is 1. The Morgan fingerprint density at radius 2 is 1.96 bits per heavy atom. The summed E-state index contributed by atoms with van der Waals surface area (Å²) >= 11 is 0. The minimum Gasteiger partial charge on any atom is -0.496 e. The first-order valence-electron chi connectivity index (χ1n) is 9.22. The van der Waals surface area contributed by atoms with E-state index in [-0.39, 0.29) is 11.8 Å². The lowest BCUT2D eigenvalue weighted by Crippen LogP contribution is -2.16. The summed E-state index contributed by atoms with van der Waals surface area (Å²) in [6.45, 7) is 2.38. The van der Waals surface area contributed by atoms with Gasteiger partial charge >= 0.3 is 0 Å². The largest absolute Gasteiger partial charge is 0.496 e. The molecule has 146 valence electrons. The first kappa shape index (κ1) is 19.6. The number of H-pyrrole nitrogens is 1. The van der Waals surface area contributed by atoms with Crippen LogP contribution in [-0.4, -0.2) is 28.2 Å².